The Morgan fingerprint density at radius 3 is 2.38 bits per heavy atom. The first-order valence-corrected chi connectivity index (χ1v) is 11.5. The molecule has 3 N–H and O–H groups in total. The molecule has 3 aromatic rings. The van der Waals surface area contributed by atoms with Crippen LogP contribution >= 0.6 is 0 Å². The first-order valence-electron chi connectivity index (χ1n) is 11.5. The maximum absolute atomic E-state index is 12.8. The summed E-state index contributed by atoms with van der Waals surface area (Å²) >= 11 is 0. The van der Waals surface area contributed by atoms with E-state index in [9.17, 15) is 14.7 Å². The standard InChI is InChI=1S/C26H32N4O4/c1-17(27-25(32)22(18(2)31)11-7-10-19-8-5-4-6-9-19)24-26(33)28-23(29-30-24)16-20-12-14-21(34-3)15-13-20/h4-6,8-9,12-15,17-18,22,31H,7,10-11,16H2,1-3H3,(H,27,32)(H,28,29,33). The Balaban J connectivity index is 1.59. The quantitative estimate of drug-likeness (QED) is 0.402. The molecule has 2 aromatic carbocycles. The molecule has 1 amide bonds. The number of H-pyrrole nitrogens is 1. The Labute approximate surface area is 199 Å². The molecule has 1 heterocycles. The van der Waals surface area contributed by atoms with Gasteiger partial charge >= 0.3 is 0 Å². The molecule has 0 radical (unpaired) electrons. The molecule has 1 aromatic heterocycles. The third-order valence-electron chi connectivity index (χ3n) is 5.81. The molecule has 0 saturated heterocycles. The van der Waals surface area contributed by atoms with Crippen LogP contribution in [0.1, 0.15) is 55.4 Å². The van der Waals surface area contributed by atoms with Crippen molar-refractivity contribution in [1.82, 2.24) is 20.5 Å². The molecule has 3 unspecified atom stereocenters. The number of hydrogen-bond acceptors (Lipinski definition) is 6. The van der Waals surface area contributed by atoms with Gasteiger partial charge in [0.15, 0.2) is 0 Å². The van der Waals surface area contributed by atoms with E-state index in [1.54, 1.807) is 21.0 Å². The first-order chi connectivity index (χ1) is 16.4. The first kappa shape index (κ1) is 25.1. The lowest BCUT2D eigenvalue weighted by molar-refractivity contribution is -0.129. The number of nitrogens with zero attached hydrogens (tertiary/aromatic N) is 2. The number of methoxy groups -OCH3 is 1. The van der Waals surface area contributed by atoms with E-state index in [4.69, 9.17) is 4.74 Å². The van der Waals surface area contributed by atoms with Crippen LogP contribution in [0.25, 0.3) is 0 Å². The van der Waals surface area contributed by atoms with E-state index in [1.807, 2.05) is 54.6 Å². The maximum atomic E-state index is 12.8. The number of aromatic amines is 1. The van der Waals surface area contributed by atoms with Crippen molar-refractivity contribution in [1.29, 1.82) is 0 Å². The van der Waals surface area contributed by atoms with Crippen LogP contribution in [0, 0.1) is 5.92 Å². The van der Waals surface area contributed by atoms with Crippen LogP contribution in [-0.4, -0.2) is 39.4 Å². The molecule has 180 valence electrons. The van der Waals surface area contributed by atoms with Gasteiger partial charge in [0.25, 0.3) is 5.56 Å². The van der Waals surface area contributed by atoms with E-state index in [0.717, 1.165) is 24.2 Å². The lowest BCUT2D eigenvalue weighted by Gasteiger charge is -2.21. The second kappa shape index (κ2) is 12.1. The summed E-state index contributed by atoms with van der Waals surface area (Å²) < 4.78 is 5.15. The molecule has 0 saturated carbocycles. The van der Waals surface area contributed by atoms with Crippen LogP contribution in [-0.2, 0) is 17.6 Å². The van der Waals surface area contributed by atoms with E-state index in [2.05, 4.69) is 20.5 Å². The molecular weight excluding hydrogens is 432 g/mol. The summed E-state index contributed by atoms with van der Waals surface area (Å²) in [5.41, 5.74) is 1.87. The van der Waals surface area contributed by atoms with Gasteiger partial charge in [-0.15, -0.1) is 10.2 Å². The number of carbonyl (C=O) groups excluding carboxylic acids is 1. The highest BCUT2D eigenvalue weighted by Gasteiger charge is 2.26. The molecule has 8 heteroatoms. The molecule has 0 fully saturated rings. The van der Waals surface area contributed by atoms with Crippen molar-refractivity contribution in [3.63, 3.8) is 0 Å². The van der Waals surface area contributed by atoms with Gasteiger partial charge in [-0.25, -0.2) is 0 Å². The number of aromatic nitrogens is 3. The number of rotatable bonds is 11. The molecule has 3 rings (SSSR count). The Kier molecular flexibility index (Phi) is 8.93. The van der Waals surface area contributed by atoms with E-state index in [1.165, 1.54) is 5.56 Å². The molecule has 8 nitrogen and oxygen atoms in total. The number of amides is 1. The molecule has 3 atom stereocenters. The van der Waals surface area contributed by atoms with E-state index < -0.39 is 23.6 Å². The number of carbonyl (C=O) groups is 1. The van der Waals surface area contributed by atoms with E-state index in [0.29, 0.717) is 18.7 Å². The number of nitrogens with one attached hydrogen (secondary N) is 2. The lowest BCUT2D eigenvalue weighted by Crippen LogP contribution is -2.40. The maximum Gasteiger partial charge on any atom is 0.275 e. The zero-order valence-electron chi connectivity index (χ0n) is 19.8. The van der Waals surface area contributed by atoms with Gasteiger partial charge in [-0.05, 0) is 56.4 Å². The normalized spacial score (nSPS) is 13.6. The molecule has 0 aliphatic heterocycles. The number of aliphatic hydroxyl groups excluding tert-OH is 1. The fourth-order valence-electron chi connectivity index (χ4n) is 3.83. The van der Waals surface area contributed by atoms with Gasteiger partial charge in [0.05, 0.1) is 25.2 Å². The number of aliphatic hydroxyl groups is 1. The fourth-order valence-corrected chi connectivity index (χ4v) is 3.83. The topological polar surface area (TPSA) is 117 Å². The Hall–Kier alpha value is -3.52. The second-order valence-corrected chi connectivity index (χ2v) is 8.47. The average Bonchev–Trinajstić information content (AvgIpc) is 2.82. The molecule has 0 bridgehead atoms. The Morgan fingerprint density at radius 2 is 1.76 bits per heavy atom. The molecule has 0 spiro atoms. The zero-order valence-corrected chi connectivity index (χ0v) is 19.8. The fraction of sp³-hybridized carbons (Fsp3) is 0.385. The van der Waals surface area contributed by atoms with Crippen molar-refractivity contribution in [3.05, 3.63) is 87.6 Å². The highest BCUT2D eigenvalue weighted by atomic mass is 16.5. The van der Waals surface area contributed by atoms with Gasteiger partial charge in [0.1, 0.15) is 17.3 Å². The third kappa shape index (κ3) is 6.99. The van der Waals surface area contributed by atoms with Crippen molar-refractivity contribution < 1.29 is 14.6 Å². The van der Waals surface area contributed by atoms with Crippen LogP contribution in [0.3, 0.4) is 0 Å². The Bertz CT molecular complexity index is 1110. The lowest BCUT2D eigenvalue weighted by atomic mass is 9.94. The van der Waals surface area contributed by atoms with Gasteiger partial charge in [0, 0.05) is 6.42 Å². The van der Waals surface area contributed by atoms with Gasteiger partial charge in [-0.3, -0.25) is 9.59 Å². The van der Waals surface area contributed by atoms with Crippen molar-refractivity contribution in [2.75, 3.05) is 7.11 Å². The number of benzene rings is 2. The zero-order chi connectivity index (χ0) is 24.5. The largest absolute Gasteiger partial charge is 0.497 e. The predicted molar refractivity (Wildman–Crippen MR) is 130 cm³/mol. The van der Waals surface area contributed by atoms with Gasteiger partial charge in [-0.1, -0.05) is 42.5 Å². The summed E-state index contributed by atoms with van der Waals surface area (Å²) in [6.45, 7) is 3.29. The summed E-state index contributed by atoms with van der Waals surface area (Å²) in [5, 5.41) is 21.2. The van der Waals surface area contributed by atoms with Crippen molar-refractivity contribution in [3.8, 4) is 5.75 Å². The molecule has 34 heavy (non-hydrogen) atoms. The highest BCUT2D eigenvalue weighted by molar-refractivity contribution is 5.79. The van der Waals surface area contributed by atoms with Crippen molar-refractivity contribution >= 4 is 5.91 Å². The third-order valence-corrected chi connectivity index (χ3v) is 5.81. The van der Waals surface area contributed by atoms with Gasteiger partial charge < -0.3 is 20.1 Å². The number of ether oxygens (including phenoxy) is 1. The van der Waals surface area contributed by atoms with Crippen molar-refractivity contribution in [2.24, 2.45) is 5.92 Å². The number of hydrogen-bond donors (Lipinski definition) is 3. The average molecular weight is 465 g/mol. The van der Waals surface area contributed by atoms with Gasteiger partial charge in [-0.2, -0.15) is 0 Å². The van der Waals surface area contributed by atoms with Crippen LogP contribution in [0.4, 0.5) is 0 Å². The SMILES string of the molecule is COc1ccc(Cc2nnc(C(C)NC(=O)C(CCCc3ccccc3)C(C)O)c(=O)[nH]2)cc1. The van der Waals surface area contributed by atoms with Crippen LogP contribution in [0.5, 0.6) is 5.75 Å². The van der Waals surface area contributed by atoms with Crippen LogP contribution in [0.2, 0.25) is 0 Å². The monoisotopic (exact) mass is 464 g/mol. The second-order valence-electron chi connectivity index (χ2n) is 8.47. The molecule has 0 aliphatic rings. The number of aryl methyl sites for hydroxylation is 1. The minimum absolute atomic E-state index is 0.125. The summed E-state index contributed by atoms with van der Waals surface area (Å²) in [7, 11) is 1.60. The minimum atomic E-state index is -0.806. The molecule has 0 aliphatic carbocycles. The van der Waals surface area contributed by atoms with Crippen LogP contribution < -0.4 is 15.6 Å². The summed E-state index contributed by atoms with van der Waals surface area (Å²) in [5.74, 6) is 0.297. The summed E-state index contributed by atoms with van der Waals surface area (Å²) in [4.78, 5) is 28.2. The summed E-state index contributed by atoms with van der Waals surface area (Å²) in [6, 6.07) is 16.8. The predicted octanol–water partition coefficient (Wildman–Crippen LogP) is 2.96. The highest BCUT2D eigenvalue weighted by Crippen LogP contribution is 2.17. The summed E-state index contributed by atoms with van der Waals surface area (Å²) in [6.07, 6.45) is 1.74. The smallest absolute Gasteiger partial charge is 0.275 e. The molecular formula is C26H32N4O4. The van der Waals surface area contributed by atoms with Gasteiger partial charge in [0.2, 0.25) is 5.91 Å². The van der Waals surface area contributed by atoms with E-state index >= 15 is 0 Å². The minimum Gasteiger partial charge on any atom is -0.497 e. The Morgan fingerprint density at radius 1 is 1.06 bits per heavy atom. The van der Waals surface area contributed by atoms with E-state index in [-0.39, 0.29) is 11.6 Å². The van der Waals surface area contributed by atoms with Crippen molar-refractivity contribution in [2.45, 2.75) is 51.7 Å². The van der Waals surface area contributed by atoms with Crippen LogP contribution in [0.15, 0.2) is 59.4 Å².